The Bertz CT molecular complexity index is 614. The number of carbonyl (C=O) groups excluding carboxylic acids is 1. The quantitative estimate of drug-likeness (QED) is 0.161. The Hall–Kier alpha value is -1.51. The number of hydrogen-bond donors (Lipinski definition) is 3. The summed E-state index contributed by atoms with van der Waals surface area (Å²) in [5.41, 5.74) is 0. The smallest absolute Gasteiger partial charge is 0.305 e. The van der Waals surface area contributed by atoms with Crippen LogP contribution in [0.4, 0.5) is 0 Å². The lowest BCUT2D eigenvalue weighted by Crippen LogP contribution is -2.59. The van der Waals surface area contributed by atoms with Gasteiger partial charge in [-0.2, -0.15) is 0 Å². The lowest BCUT2D eigenvalue weighted by Gasteiger charge is -2.40. The number of carbonyl (C=O) groups is 1. The number of ether oxygens (including phenoxy) is 3. The molecule has 0 aliphatic carbocycles. The van der Waals surface area contributed by atoms with Crippen molar-refractivity contribution in [3.63, 3.8) is 0 Å². The maximum Gasteiger partial charge on any atom is 0.305 e. The zero-order chi connectivity index (χ0) is 25.2. The Balaban J connectivity index is 2.08. The van der Waals surface area contributed by atoms with Crippen LogP contribution in [-0.2, 0) is 19.0 Å². The minimum atomic E-state index is -1.43. The van der Waals surface area contributed by atoms with Gasteiger partial charge in [-0.3, -0.25) is 4.79 Å². The summed E-state index contributed by atoms with van der Waals surface area (Å²) >= 11 is 0. The summed E-state index contributed by atoms with van der Waals surface area (Å²) in [7, 11) is 0. The number of aliphatic hydroxyl groups is 3. The van der Waals surface area contributed by atoms with Crippen LogP contribution in [0.25, 0.3) is 0 Å². The molecule has 3 N–H and O–H groups in total. The van der Waals surface area contributed by atoms with E-state index in [1.807, 2.05) is 0 Å². The zero-order valence-electron chi connectivity index (χ0n) is 21.2. The normalized spacial score (nSPS) is 25.8. The van der Waals surface area contributed by atoms with Gasteiger partial charge in [0.15, 0.2) is 6.29 Å². The van der Waals surface area contributed by atoms with Gasteiger partial charge in [-0.1, -0.05) is 62.6 Å². The van der Waals surface area contributed by atoms with Gasteiger partial charge in [0.2, 0.25) is 0 Å². The molecule has 1 unspecified atom stereocenters. The Morgan fingerprint density at radius 1 is 0.853 bits per heavy atom. The molecule has 1 fully saturated rings. The second-order valence-corrected chi connectivity index (χ2v) is 8.98. The summed E-state index contributed by atoms with van der Waals surface area (Å²) in [4.78, 5) is 12.0. The molecule has 0 amide bonds. The molecule has 0 radical (unpaired) electrons. The van der Waals surface area contributed by atoms with E-state index in [9.17, 15) is 20.1 Å². The lowest BCUT2D eigenvalue weighted by atomic mass is 9.99. The zero-order valence-corrected chi connectivity index (χ0v) is 21.2. The van der Waals surface area contributed by atoms with Gasteiger partial charge in [-0.25, -0.2) is 0 Å². The fourth-order valence-electron chi connectivity index (χ4n) is 3.57. The number of allylic oxidation sites excluding steroid dienone is 6. The van der Waals surface area contributed by atoms with Crippen LogP contribution in [0.5, 0.6) is 0 Å². The first kappa shape index (κ1) is 30.5. The van der Waals surface area contributed by atoms with Crippen LogP contribution in [0, 0.1) is 0 Å². The summed E-state index contributed by atoms with van der Waals surface area (Å²) < 4.78 is 16.1. The minimum absolute atomic E-state index is 0.196. The molecule has 1 rings (SSSR count). The highest BCUT2D eigenvalue weighted by atomic mass is 16.7. The molecular weight excluding hydrogens is 436 g/mol. The van der Waals surface area contributed by atoms with E-state index in [1.54, 1.807) is 13.8 Å². The number of hydrogen-bond acceptors (Lipinski definition) is 7. The molecule has 0 spiro atoms. The van der Waals surface area contributed by atoms with Crippen molar-refractivity contribution in [3.8, 4) is 0 Å². The van der Waals surface area contributed by atoms with Crippen LogP contribution in [0.3, 0.4) is 0 Å². The first-order valence-corrected chi connectivity index (χ1v) is 12.8. The third-order valence-corrected chi connectivity index (χ3v) is 5.52. The summed E-state index contributed by atoms with van der Waals surface area (Å²) in [5.74, 6) is -0.362. The lowest BCUT2D eigenvalue weighted by molar-refractivity contribution is -0.309. The molecule has 34 heavy (non-hydrogen) atoms. The number of esters is 1. The van der Waals surface area contributed by atoms with Crippen molar-refractivity contribution in [2.24, 2.45) is 0 Å². The molecule has 1 aliphatic rings. The van der Waals surface area contributed by atoms with Gasteiger partial charge in [0.05, 0.1) is 6.10 Å². The standard InChI is InChI=1S/C27H46O7/c1-4-5-6-7-8-9-10-11-12-13-14-15-16-17-18-19-23(28)32-20-22-24(29)25(30)26(31)27(34-22)33-21(2)3/h5-6,8-9,11-12,21-22,24-27,29-31H,4,7,10,13-20H2,1-3H3/b6-5-,9-8-,12-11-/t22-,24-,25+,26-,27?/m1/s1. The second kappa shape index (κ2) is 18.8. The Kier molecular flexibility index (Phi) is 16.9. The summed E-state index contributed by atoms with van der Waals surface area (Å²) in [6.45, 7) is 5.48. The Morgan fingerprint density at radius 3 is 2.15 bits per heavy atom. The summed E-state index contributed by atoms with van der Waals surface area (Å²) in [6.07, 6.45) is 16.3. The molecule has 7 nitrogen and oxygen atoms in total. The molecule has 5 atom stereocenters. The largest absolute Gasteiger partial charge is 0.463 e. The van der Waals surface area contributed by atoms with E-state index in [0.717, 1.165) is 57.8 Å². The van der Waals surface area contributed by atoms with E-state index in [1.165, 1.54) is 0 Å². The van der Waals surface area contributed by atoms with Gasteiger partial charge >= 0.3 is 5.97 Å². The fourth-order valence-corrected chi connectivity index (χ4v) is 3.57. The molecule has 7 heteroatoms. The average Bonchev–Trinajstić information content (AvgIpc) is 2.80. The molecule has 0 aromatic rings. The maximum absolute atomic E-state index is 12.0. The van der Waals surface area contributed by atoms with Gasteiger partial charge in [0.1, 0.15) is 31.0 Å². The highest BCUT2D eigenvalue weighted by Gasteiger charge is 2.45. The van der Waals surface area contributed by atoms with Gasteiger partial charge in [-0.05, 0) is 52.4 Å². The highest BCUT2D eigenvalue weighted by Crippen LogP contribution is 2.23. The SMILES string of the molecule is CC/C=C\C/C=C\C/C=C\CCCCCCCC(=O)OC[C@H]1OC(OC(C)C)[C@H](O)[C@@H](O)[C@@H]1O. The molecular formula is C27H46O7. The van der Waals surface area contributed by atoms with Gasteiger partial charge < -0.3 is 29.5 Å². The molecule has 196 valence electrons. The number of rotatable bonds is 17. The van der Waals surface area contributed by atoms with Crippen LogP contribution in [0.15, 0.2) is 36.5 Å². The third-order valence-electron chi connectivity index (χ3n) is 5.52. The summed E-state index contributed by atoms with van der Waals surface area (Å²) in [6, 6.07) is 0. The fraction of sp³-hybridized carbons (Fsp3) is 0.741. The first-order valence-electron chi connectivity index (χ1n) is 12.8. The second-order valence-electron chi connectivity index (χ2n) is 8.98. The third kappa shape index (κ3) is 13.4. The van der Waals surface area contributed by atoms with Crippen LogP contribution in [0.1, 0.15) is 85.0 Å². The van der Waals surface area contributed by atoms with Crippen molar-refractivity contribution in [2.75, 3.05) is 6.61 Å². The first-order chi connectivity index (χ1) is 16.4. The van der Waals surface area contributed by atoms with Crippen LogP contribution in [-0.4, -0.2) is 64.7 Å². The van der Waals surface area contributed by atoms with Crippen molar-refractivity contribution < 1.29 is 34.3 Å². The van der Waals surface area contributed by atoms with E-state index in [4.69, 9.17) is 14.2 Å². The molecule has 0 aromatic heterocycles. The Morgan fingerprint density at radius 2 is 1.47 bits per heavy atom. The molecule has 0 aromatic carbocycles. The molecule has 0 bridgehead atoms. The minimum Gasteiger partial charge on any atom is -0.463 e. The van der Waals surface area contributed by atoms with E-state index < -0.39 is 30.7 Å². The van der Waals surface area contributed by atoms with Gasteiger partial charge in [-0.15, -0.1) is 0 Å². The topological polar surface area (TPSA) is 105 Å². The van der Waals surface area contributed by atoms with Gasteiger partial charge in [0.25, 0.3) is 0 Å². The van der Waals surface area contributed by atoms with E-state index in [-0.39, 0.29) is 18.7 Å². The average molecular weight is 483 g/mol. The predicted octanol–water partition coefficient (Wildman–Crippen LogP) is 4.35. The van der Waals surface area contributed by atoms with Crippen LogP contribution in [0.2, 0.25) is 0 Å². The molecule has 1 saturated heterocycles. The van der Waals surface area contributed by atoms with Crippen molar-refractivity contribution in [1.29, 1.82) is 0 Å². The molecule has 0 saturated carbocycles. The van der Waals surface area contributed by atoms with Crippen molar-refractivity contribution in [1.82, 2.24) is 0 Å². The van der Waals surface area contributed by atoms with Crippen LogP contribution >= 0.6 is 0 Å². The van der Waals surface area contributed by atoms with E-state index in [2.05, 4.69) is 43.4 Å². The highest BCUT2D eigenvalue weighted by molar-refractivity contribution is 5.69. The van der Waals surface area contributed by atoms with E-state index in [0.29, 0.717) is 6.42 Å². The molecule has 1 heterocycles. The Labute approximate surface area is 205 Å². The van der Waals surface area contributed by atoms with Gasteiger partial charge in [0, 0.05) is 6.42 Å². The monoisotopic (exact) mass is 482 g/mol. The van der Waals surface area contributed by atoms with Crippen molar-refractivity contribution in [2.45, 2.75) is 122 Å². The number of aliphatic hydroxyl groups excluding tert-OH is 3. The van der Waals surface area contributed by atoms with Crippen molar-refractivity contribution >= 4 is 5.97 Å². The number of unbranched alkanes of at least 4 members (excludes halogenated alkanes) is 5. The molecule has 1 aliphatic heterocycles. The maximum atomic E-state index is 12.0. The van der Waals surface area contributed by atoms with Crippen molar-refractivity contribution in [3.05, 3.63) is 36.5 Å². The van der Waals surface area contributed by atoms with E-state index >= 15 is 0 Å². The summed E-state index contributed by atoms with van der Waals surface area (Å²) in [5, 5.41) is 30.1. The predicted molar refractivity (Wildman–Crippen MR) is 133 cm³/mol. The van der Waals surface area contributed by atoms with Crippen LogP contribution < -0.4 is 0 Å².